The predicted molar refractivity (Wildman–Crippen MR) is 116 cm³/mol. The summed E-state index contributed by atoms with van der Waals surface area (Å²) < 4.78 is 15.3. The minimum absolute atomic E-state index is 0.0127. The number of carbonyl (C=O) groups excluding carboxylic acids is 1. The van der Waals surface area contributed by atoms with Crippen molar-refractivity contribution >= 4 is 5.91 Å². The Morgan fingerprint density at radius 2 is 1.75 bits per heavy atom. The van der Waals surface area contributed by atoms with Crippen LogP contribution in [0.4, 0.5) is 4.39 Å². The van der Waals surface area contributed by atoms with Crippen LogP contribution in [0.2, 0.25) is 0 Å². The van der Waals surface area contributed by atoms with Crippen molar-refractivity contribution in [3.63, 3.8) is 0 Å². The van der Waals surface area contributed by atoms with Gasteiger partial charge in [-0.25, -0.2) is 14.1 Å². The number of halogens is 1. The zero-order chi connectivity index (χ0) is 21.7. The fraction of sp³-hybridized carbons (Fsp3) is 0.500. The predicted octanol–water partition coefficient (Wildman–Crippen LogP) is 3.91. The first-order valence-electron chi connectivity index (χ1n) is 11.8. The Morgan fingerprint density at radius 3 is 2.50 bits per heavy atom. The molecule has 3 aliphatic rings. The highest BCUT2D eigenvalue weighted by molar-refractivity contribution is 5.94. The van der Waals surface area contributed by atoms with Gasteiger partial charge in [0.15, 0.2) is 11.5 Å². The van der Waals surface area contributed by atoms with E-state index < -0.39 is 0 Å². The summed E-state index contributed by atoms with van der Waals surface area (Å²) in [6, 6.07) is 6.34. The van der Waals surface area contributed by atoms with Gasteiger partial charge in [0, 0.05) is 36.2 Å². The third-order valence-corrected chi connectivity index (χ3v) is 7.09. The van der Waals surface area contributed by atoms with Gasteiger partial charge in [-0.2, -0.15) is 10.2 Å². The summed E-state index contributed by atoms with van der Waals surface area (Å²) in [6.07, 6.45) is 8.06. The number of carbonyl (C=O) groups is 1. The number of nitrogens with zero attached hydrogens (tertiary/aromatic N) is 5. The van der Waals surface area contributed by atoms with Crippen LogP contribution in [0.5, 0.6) is 0 Å². The lowest BCUT2D eigenvalue weighted by Crippen LogP contribution is -2.38. The number of benzene rings is 1. The molecule has 2 fully saturated rings. The van der Waals surface area contributed by atoms with E-state index in [2.05, 4.69) is 10.2 Å². The second-order valence-electron chi connectivity index (χ2n) is 9.29. The van der Waals surface area contributed by atoms with Gasteiger partial charge in [0.2, 0.25) is 0 Å². The maximum Gasteiger partial charge on any atom is 0.274 e. The van der Waals surface area contributed by atoms with Gasteiger partial charge in [-0.05, 0) is 75.6 Å². The Morgan fingerprint density at radius 1 is 1.00 bits per heavy atom. The van der Waals surface area contributed by atoms with E-state index in [1.54, 1.807) is 12.1 Å². The fourth-order valence-corrected chi connectivity index (χ4v) is 5.07. The molecule has 0 unspecified atom stereocenters. The molecule has 0 spiro atoms. The van der Waals surface area contributed by atoms with Crippen molar-refractivity contribution in [3.05, 3.63) is 58.7 Å². The van der Waals surface area contributed by atoms with Gasteiger partial charge in [0.05, 0.1) is 5.69 Å². The summed E-state index contributed by atoms with van der Waals surface area (Å²) >= 11 is 0. The number of amides is 1. The van der Waals surface area contributed by atoms with Gasteiger partial charge in [-0.1, -0.05) is 0 Å². The fourth-order valence-electron chi connectivity index (χ4n) is 5.07. The van der Waals surface area contributed by atoms with Gasteiger partial charge >= 0.3 is 0 Å². The molecule has 1 aliphatic heterocycles. The van der Waals surface area contributed by atoms with Crippen LogP contribution in [-0.4, -0.2) is 48.9 Å². The molecule has 2 aliphatic carbocycles. The Hall–Kier alpha value is -3.03. The molecule has 0 radical (unpaired) electrons. The summed E-state index contributed by atoms with van der Waals surface area (Å²) in [7, 11) is 0. The van der Waals surface area contributed by atoms with Crippen molar-refractivity contribution < 1.29 is 9.18 Å². The van der Waals surface area contributed by atoms with Crippen LogP contribution in [0.3, 0.4) is 0 Å². The molecule has 32 heavy (non-hydrogen) atoms. The maximum atomic E-state index is 13.5. The van der Waals surface area contributed by atoms with Crippen molar-refractivity contribution in [1.29, 1.82) is 0 Å². The molecule has 1 saturated carbocycles. The summed E-state index contributed by atoms with van der Waals surface area (Å²) in [4.78, 5) is 20.1. The molecule has 8 heteroatoms. The largest absolute Gasteiger partial charge is 0.337 e. The van der Waals surface area contributed by atoms with E-state index >= 15 is 0 Å². The van der Waals surface area contributed by atoms with Crippen molar-refractivity contribution in [2.75, 3.05) is 13.1 Å². The van der Waals surface area contributed by atoms with Gasteiger partial charge in [0.1, 0.15) is 11.6 Å². The molecule has 0 atom stereocenters. The van der Waals surface area contributed by atoms with Crippen LogP contribution in [0.15, 0.2) is 24.3 Å². The average Bonchev–Trinajstić information content (AvgIpc) is 3.44. The highest BCUT2D eigenvalue weighted by atomic mass is 19.1. The van der Waals surface area contributed by atoms with Crippen molar-refractivity contribution in [2.45, 2.75) is 63.2 Å². The molecule has 1 N–H and O–H groups in total. The standard InChI is InChI=1S/C24H27FN6O/c25-17-7-9-18(10-8-17)31-20-4-2-1-3-19(20)21(29-31)24(32)30-13-11-16(12-14-30)23-26-22(27-28-23)15-5-6-15/h7-10,15-16H,1-6,11-14H2,(H,26,27,28). The van der Waals surface area contributed by atoms with Crippen LogP contribution in [0, 0.1) is 5.82 Å². The van der Waals surface area contributed by atoms with Gasteiger partial charge in [0.25, 0.3) is 5.91 Å². The number of nitrogens with one attached hydrogen (secondary N) is 1. The monoisotopic (exact) mass is 434 g/mol. The van der Waals surface area contributed by atoms with E-state index in [0.717, 1.165) is 67.1 Å². The molecule has 3 heterocycles. The second kappa shape index (κ2) is 7.83. The molecule has 7 nitrogen and oxygen atoms in total. The molecule has 0 bridgehead atoms. The van der Waals surface area contributed by atoms with Crippen LogP contribution in [-0.2, 0) is 12.8 Å². The Labute approximate surface area is 186 Å². The summed E-state index contributed by atoms with van der Waals surface area (Å²) in [5, 5.41) is 12.3. The Balaban J connectivity index is 1.21. The van der Waals surface area contributed by atoms with Gasteiger partial charge < -0.3 is 4.90 Å². The Bertz CT molecular complexity index is 1140. The number of piperidine rings is 1. The molecule has 1 amide bonds. The lowest BCUT2D eigenvalue weighted by Gasteiger charge is -2.30. The van der Waals surface area contributed by atoms with E-state index in [9.17, 15) is 9.18 Å². The van der Waals surface area contributed by atoms with Crippen molar-refractivity contribution in [3.8, 4) is 5.69 Å². The third-order valence-electron chi connectivity index (χ3n) is 7.09. The highest BCUT2D eigenvalue weighted by Crippen LogP contribution is 2.38. The highest BCUT2D eigenvalue weighted by Gasteiger charge is 2.33. The molecule has 166 valence electrons. The molecule has 1 saturated heterocycles. The Kier molecular flexibility index (Phi) is 4.81. The van der Waals surface area contributed by atoms with Crippen molar-refractivity contribution in [1.82, 2.24) is 29.9 Å². The number of rotatable bonds is 4. The first kappa shape index (κ1) is 19.6. The van der Waals surface area contributed by atoms with Crippen molar-refractivity contribution in [2.24, 2.45) is 0 Å². The number of aromatic nitrogens is 5. The smallest absolute Gasteiger partial charge is 0.274 e. The molecular formula is C24H27FN6O. The molecule has 3 aromatic rings. The van der Waals surface area contributed by atoms with Gasteiger partial charge in [-0.15, -0.1) is 0 Å². The molecule has 2 aromatic heterocycles. The number of hydrogen-bond donors (Lipinski definition) is 1. The molecule has 6 rings (SSSR count). The minimum Gasteiger partial charge on any atom is -0.337 e. The SMILES string of the molecule is O=C(c1nn(-c2ccc(F)cc2)c2c1CCCC2)N1CCC(c2nc(C3CC3)n[nH]2)CC1. The maximum absolute atomic E-state index is 13.5. The van der Waals surface area contributed by atoms with E-state index in [1.165, 1.54) is 25.0 Å². The minimum atomic E-state index is -0.273. The summed E-state index contributed by atoms with van der Waals surface area (Å²) in [5.74, 6) is 2.53. The lowest BCUT2D eigenvalue weighted by atomic mass is 9.93. The van der Waals surface area contributed by atoms with E-state index in [0.29, 0.717) is 30.6 Å². The zero-order valence-electron chi connectivity index (χ0n) is 18.1. The summed E-state index contributed by atoms with van der Waals surface area (Å²) in [5.41, 5.74) is 3.53. The number of aromatic amines is 1. The summed E-state index contributed by atoms with van der Waals surface area (Å²) in [6.45, 7) is 1.39. The number of fused-ring (bicyclic) bond motifs is 1. The van der Waals surface area contributed by atoms with Crippen LogP contribution in [0.1, 0.15) is 83.8 Å². The van der Waals surface area contributed by atoms with E-state index in [-0.39, 0.29) is 11.7 Å². The second-order valence-corrected chi connectivity index (χ2v) is 9.29. The molecule has 1 aromatic carbocycles. The van der Waals surface area contributed by atoms with Crippen LogP contribution in [0.25, 0.3) is 5.69 Å². The first-order valence-corrected chi connectivity index (χ1v) is 11.8. The quantitative estimate of drug-likeness (QED) is 0.675. The average molecular weight is 435 g/mol. The number of likely N-dealkylation sites (tertiary alicyclic amines) is 1. The van der Waals surface area contributed by atoms with Crippen LogP contribution < -0.4 is 0 Å². The van der Waals surface area contributed by atoms with Crippen LogP contribution >= 0.6 is 0 Å². The first-order chi connectivity index (χ1) is 15.7. The third kappa shape index (κ3) is 3.51. The zero-order valence-corrected chi connectivity index (χ0v) is 18.1. The number of hydrogen-bond acceptors (Lipinski definition) is 4. The molecular weight excluding hydrogens is 407 g/mol. The van der Waals surface area contributed by atoms with Gasteiger partial charge in [-0.3, -0.25) is 9.89 Å². The topological polar surface area (TPSA) is 79.7 Å². The normalized spacial score (nSPS) is 19.2. The van der Waals surface area contributed by atoms with E-state index in [4.69, 9.17) is 10.1 Å². The number of H-pyrrole nitrogens is 1. The van der Waals surface area contributed by atoms with E-state index in [1.807, 2.05) is 9.58 Å². The lowest BCUT2D eigenvalue weighted by molar-refractivity contribution is 0.0703.